The molecule has 0 aliphatic carbocycles. The maximum Gasteiger partial charge on any atom is 0.319 e. The van der Waals surface area contributed by atoms with Crippen molar-refractivity contribution in [2.45, 2.75) is 26.8 Å². The molecule has 0 aliphatic rings. The van der Waals surface area contributed by atoms with E-state index in [1.54, 1.807) is 24.3 Å². The maximum atomic E-state index is 12.0. The van der Waals surface area contributed by atoms with Gasteiger partial charge in [0.1, 0.15) is 18.4 Å². The van der Waals surface area contributed by atoms with E-state index in [1.807, 2.05) is 45.0 Å². The molecule has 1 unspecified atom stereocenters. The number of carbonyl (C=O) groups is 1. The zero-order valence-electron chi connectivity index (χ0n) is 14.1. The van der Waals surface area contributed by atoms with Crippen molar-refractivity contribution in [3.05, 3.63) is 59.2 Å². The van der Waals surface area contributed by atoms with E-state index in [-0.39, 0.29) is 12.1 Å². The first kappa shape index (κ1) is 17.4. The van der Waals surface area contributed by atoms with Gasteiger partial charge >= 0.3 is 6.03 Å². The molecule has 0 radical (unpaired) electrons. The summed E-state index contributed by atoms with van der Waals surface area (Å²) in [5.41, 5.74) is 3.04. The number of anilines is 1. The van der Waals surface area contributed by atoms with Crippen molar-refractivity contribution >= 4 is 11.7 Å². The Morgan fingerprint density at radius 2 is 1.83 bits per heavy atom. The summed E-state index contributed by atoms with van der Waals surface area (Å²) >= 11 is 0. The Bertz CT molecular complexity index is 745. The summed E-state index contributed by atoms with van der Waals surface area (Å²) in [5.74, 6) is 0.849. The number of urea groups is 1. The number of benzene rings is 2. The highest BCUT2D eigenvalue weighted by molar-refractivity contribution is 5.90. The van der Waals surface area contributed by atoms with Gasteiger partial charge in [-0.2, -0.15) is 5.26 Å². The summed E-state index contributed by atoms with van der Waals surface area (Å²) in [6.07, 6.45) is 0. The molecule has 124 valence electrons. The molecule has 0 bridgehead atoms. The number of nitrogens with zero attached hydrogens (tertiary/aromatic N) is 1. The Morgan fingerprint density at radius 1 is 1.17 bits per heavy atom. The van der Waals surface area contributed by atoms with Crippen molar-refractivity contribution in [2.24, 2.45) is 0 Å². The van der Waals surface area contributed by atoms with E-state index in [0.717, 1.165) is 16.9 Å². The molecule has 0 heterocycles. The smallest absolute Gasteiger partial charge is 0.319 e. The van der Waals surface area contributed by atoms with Crippen LogP contribution in [0.3, 0.4) is 0 Å². The number of carbonyl (C=O) groups excluding carboxylic acids is 1. The number of hydrogen-bond donors (Lipinski definition) is 2. The third-order valence-electron chi connectivity index (χ3n) is 3.56. The van der Waals surface area contributed by atoms with Crippen molar-refractivity contribution in [3.8, 4) is 11.8 Å². The summed E-state index contributed by atoms with van der Waals surface area (Å²) in [4.78, 5) is 12.0. The first-order valence-electron chi connectivity index (χ1n) is 7.77. The van der Waals surface area contributed by atoms with Crippen molar-refractivity contribution in [1.82, 2.24) is 5.32 Å². The van der Waals surface area contributed by atoms with Gasteiger partial charge in [-0.1, -0.05) is 30.3 Å². The molecule has 0 fully saturated rings. The third-order valence-corrected chi connectivity index (χ3v) is 3.56. The molecule has 2 N–H and O–H groups in total. The molecule has 0 spiro atoms. The van der Waals surface area contributed by atoms with Crippen LogP contribution in [0.4, 0.5) is 10.5 Å². The molecule has 5 heteroatoms. The lowest BCUT2D eigenvalue weighted by molar-refractivity contribution is 0.236. The fourth-order valence-electron chi connectivity index (χ4n) is 2.35. The normalized spacial score (nSPS) is 11.2. The first-order valence-corrected chi connectivity index (χ1v) is 7.77. The number of nitrogens with one attached hydrogen (secondary N) is 2. The number of nitriles is 1. The van der Waals surface area contributed by atoms with E-state index in [9.17, 15) is 4.79 Å². The number of ether oxygens (including phenoxy) is 1. The van der Waals surface area contributed by atoms with Crippen molar-refractivity contribution in [2.75, 3.05) is 11.9 Å². The average molecular weight is 323 g/mol. The zero-order valence-corrected chi connectivity index (χ0v) is 14.1. The standard InChI is InChI=1S/C19H21N3O2/c1-13-7-6-8-14(2)18(13)24-12-15(3)21-19(23)22-17-10-5-4-9-16(17)11-20/h4-10,15H,12H2,1-3H3,(H2,21,22,23). The highest BCUT2D eigenvalue weighted by Crippen LogP contribution is 2.22. The summed E-state index contributed by atoms with van der Waals surface area (Å²) in [6, 6.07) is 14.3. The van der Waals surface area contributed by atoms with Gasteiger partial charge in [0.15, 0.2) is 0 Å². The van der Waals surface area contributed by atoms with Crippen LogP contribution in [0.25, 0.3) is 0 Å². The number of aryl methyl sites for hydroxylation is 2. The Labute approximate surface area is 142 Å². The van der Waals surface area contributed by atoms with E-state index in [4.69, 9.17) is 10.00 Å². The molecule has 2 amide bonds. The second-order valence-electron chi connectivity index (χ2n) is 5.69. The van der Waals surface area contributed by atoms with Gasteiger partial charge in [-0.3, -0.25) is 0 Å². The van der Waals surface area contributed by atoms with Crippen LogP contribution in [0.2, 0.25) is 0 Å². The van der Waals surface area contributed by atoms with E-state index in [0.29, 0.717) is 17.9 Å². The molecular formula is C19H21N3O2. The number of rotatable bonds is 5. The zero-order chi connectivity index (χ0) is 17.5. The Kier molecular flexibility index (Phi) is 5.80. The molecule has 0 aliphatic heterocycles. The predicted molar refractivity (Wildman–Crippen MR) is 94.2 cm³/mol. The van der Waals surface area contributed by atoms with E-state index >= 15 is 0 Å². The Morgan fingerprint density at radius 3 is 2.50 bits per heavy atom. The second-order valence-corrected chi connectivity index (χ2v) is 5.69. The van der Waals surface area contributed by atoms with E-state index < -0.39 is 0 Å². The minimum Gasteiger partial charge on any atom is -0.491 e. The van der Waals surface area contributed by atoms with Gasteiger partial charge < -0.3 is 15.4 Å². The predicted octanol–water partition coefficient (Wildman–Crippen LogP) is 3.76. The van der Waals surface area contributed by atoms with Gasteiger partial charge in [-0.15, -0.1) is 0 Å². The topological polar surface area (TPSA) is 74.2 Å². The van der Waals surface area contributed by atoms with Crippen molar-refractivity contribution < 1.29 is 9.53 Å². The molecular weight excluding hydrogens is 302 g/mol. The van der Waals surface area contributed by atoms with Crippen LogP contribution in [0.15, 0.2) is 42.5 Å². The fraction of sp³-hybridized carbons (Fsp3) is 0.263. The van der Waals surface area contributed by atoms with Crippen LogP contribution in [-0.2, 0) is 0 Å². The van der Waals surface area contributed by atoms with Crippen LogP contribution >= 0.6 is 0 Å². The summed E-state index contributed by atoms with van der Waals surface area (Å²) in [6.45, 7) is 6.21. The molecule has 5 nitrogen and oxygen atoms in total. The Balaban J connectivity index is 1.89. The van der Waals surface area contributed by atoms with Crippen LogP contribution < -0.4 is 15.4 Å². The molecule has 2 aromatic carbocycles. The second kappa shape index (κ2) is 8.02. The monoisotopic (exact) mass is 323 g/mol. The molecule has 2 aromatic rings. The van der Waals surface area contributed by atoms with Gasteiger partial charge in [0, 0.05) is 0 Å². The lowest BCUT2D eigenvalue weighted by Gasteiger charge is -2.18. The molecule has 0 aromatic heterocycles. The minimum atomic E-state index is -0.365. The molecule has 2 rings (SSSR count). The number of amides is 2. The van der Waals surface area contributed by atoms with E-state index in [1.165, 1.54) is 0 Å². The van der Waals surface area contributed by atoms with Crippen LogP contribution in [0.1, 0.15) is 23.6 Å². The highest BCUT2D eigenvalue weighted by atomic mass is 16.5. The average Bonchev–Trinajstić information content (AvgIpc) is 2.54. The molecule has 24 heavy (non-hydrogen) atoms. The highest BCUT2D eigenvalue weighted by Gasteiger charge is 2.11. The minimum absolute atomic E-state index is 0.182. The van der Waals surface area contributed by atoms with Gasteiger partial charge in [-0.25, -0.2) is 4.79 Å². The SMILES string of the molecule is Cc1cccc(C)c1OCC(C)NC(=O)Nc1ccccc1C#N. The lowest BCUT2D eigenvalue weighted by atomic mass is 10.1. The summed E-state index contributed by atoms with van der Waals surface area (Å²) in [7, 11) is 0. The van der Waals surface area contributed by atoms with Gasteiger partial charge in [0.2, 0.25) is 0 Å². The number of para-hydroxylation sites is 2. The van der Waals surface area contributed by atoms with Gasteiger partial charge in [0.05, 0.1) is 17.3 Å². The summed E-state index contributed by atoms with van der Waals surface area (Å²) in [5, 5.41) is 14.5. The van der Waals surface area contributed by atoms with Crippen LogP contribution in [0, 0.1) is 25.2 Å². The largest absolute Gasteiger partial charge is 0.491 e. The maximum absolute atomic E-state index is 12.0. The van der Waals surface area contributed by atoms with Gasteiger partial charge in [0.25, 0.3) is 0 Å². The van der Waals surface area contributed by atoms with Crippen molar-refractivity contribution in [3.63, 3.8) is 0 Å². The van der Waals surface area contributed by atoms with Gasteiger partial charge in [-0.05, 0) is 44.0 Å². The summed E-state index contributed by atoms with van der Waals surface area (Å²) < 4.78 is 5.83. The quantitative estimate of drug-likeness (QED) is 0.879. The first-order chi connectivity index (χ1) is 11.5. The molecule has 1 atom stereocenters. The van der Waals surface area contributed by atoms with Crippen molar-refractivity contribution in [1.29, 1.82) is 5.26 Å². The molecule has 0 saturated carbocycles. The van der Waals surface area contributed by atoms with E-state index in [2.05, 4.69) is 10.6 Å². The Hall–Kier alpha value is -3.00. The lowest BCUT2D eigenvalue weighted by Crippen LogP contribution is -2.39. The molecule has 0 saturated heterocycles. The van der Waals surface area contributed by atoms with Crippen LogP contribution in [-0.4, -0.2) is 18.7 Å². The number of hydrogen-bond acceptors (Lipinski definition) is 3. The fourth-order valence-corrected chi connectivity index (χ4v) is 2.35. The van der Waals surface area contributed by atoms with Crippen LogP contribution in [0.5, 0.6) is 5.75 Å². The third kappa shape index (κ3) is 4.50.